The maximum atomic E-state index is 11.6. The molecule has 7 nitrogen and oxygen atoms in total. The van der Waals surface area contributed by atoms with Crippen LogP contribution in [0.1, 0.15) is 12.8 Å². The van der Waals surface area contributed by atoms with Crippen LogP contribution in [0.2, 0.25) is 0 Å². The average Bonchev–Trinajstić information content (AvgIpc) is 2.41. The molecule has 0 saturated carbocycles. The van der Waals surface area contributed by atoms with E-state index in [0.29, 0.717) is 17.7 Å². The Hall–Kier alpha value is -2.05. The maximum Gasteiger partial charge on any atom is 0.242 e. The monoisotopic (exact) mass is 252 g/mol. The molecule has 1 unspecified atom stereocenters. The van der Waals surface area contributed by atoms with Crippen LogP contribution in [0, 0.1) is 0 Å². The molecule has 2 rings (SSSR count). The summed E-state index contributed by atoms with van der Waals surface area (Å²) in [5.74, 6) is 1.07. The number of hydrogen-bond donors (Lipinski definition) is 2. The van der Waals surface area contributed by atoms with Gasteiger partial charge in [0.2, 0.25) is 23.6 Å². The van der Waals surface area contributed by atoms with Crippen molar-refractivity contribution in [3.8, 4) is 11.8 Å². The van der Waals surface area contributed by atoms with Gasteiger partial charge in [-0.3, -0.25) is 4.79 Å². The highest BCUT2D eigenvalue weighted by molar-refractivity contribution is 5.84. The number of nitrogens with one attached hydrogen (secondary N) is 2. The van der Waals surface area contributed by atoms with E-state index in [1.807, 2.05) is 0 Å². The topological polar surface area (TPSA) is 85.4 Å². The van der Waals surface area contributed by atoms with Crippen LogP contribution in [0.15, 0.2) is 6.07 Å². The summed E-state index contributed by atoms with van der Waals surface area (Å²) >= 11 is 0. The second-order valence-corrected chi connectivity index (χ2v) is 3.91. The van der Waals surface area contributed by atoms with Gasteiger partial charge in [0, 0.05) is 6.54 Å². The summed E-state index contributed by atoms with van der Waals surface area (Å²) in [5, 5.41) is 5.78. The molecule has 0 aromatic carbocycles. The molecular weight excluding hydrogens is 236 g/mol. The van der Waals surface area contributed by atoms with Gasteiger partial charge in [0.1, 0.15) is 6.04 Å². The second kappa shape index (κ2) is 5.52. The number of rotatable bonds is 4. The van der Waals surface area contributed by atoms with Crippen molar-refractivity contribution in [3.63, 3.8) is 0 Å². The Kier molecular flexibility index (Phi) is 3.81. The molecule has 0 aliphatic carbocycles. The van der Waals surface area contributed by atoms with E-state index in [4.69, 9.17) is 9.47 Å². The predicted molar refractivity (Wildman–Crippen MR) is 64.8 cm³/mol. The Labute approximate surface area is 105 Å². The highest BCUT2D eigenvalue weighted by Gasteiger charge is 2.22. The molecule has 0 radical (unpaired) electrons. The van der Waals surface area contributed by atoms with Crippen molar-refractivity contribution in [1.82, 2.24) is 15.3 Å². The van der Waals surface area contributed by atoms with Gasteiger partial charge in [0.15, 0.2) is 0 Å². The minimum absolute atomic E-state index is 0.0355. The number of carbonyl (C=O) groups is 1. The lowest BCUT2D eigenvalue weighted by Gasteiger charge is -2.22. The third kappa shape index (κ3) is 2.79. The summed E-state index contributed by atoms with van der Waals surface area (Å²) in [4.78, 5) is 19.9. The lowest BCUT2D eigenvalue weighted by Crippen LogP contribution is -2.44. The molecule has 2 heterocycles. The number of ether oxygens (including phenoxy) is 2. The van der Waals surface area contributed by atoms with Crippen LogP contribution < -0.4 is 20.1 Å². The van der Waals surface area contributed by atoms with Crippen molar-refractivity contribution in [1.29, 1.82) is 0 Å². The Morgan fingerprint density at radius 3 is 2.56 bits per heavy atom. The van der Waals surface area contributed by atoms with E-state index in [1.54, 1.807) is 6.07 Å². The highest BCUT2D eigenvalue weighted by Crippen LogP contribution is 2.18. The van der Waals surface area contributed by atoms with Gasteiger partial charge < -0.3 is 20.1 Å². The van der Waals surface area contributed by atoms with Crippen molar-refractivity contribution in [2.24, 2.45) is 0 Å². The van der Waals surface area contributed by atoms with Crippen molar-refractivity contribution >= 4 is 11.9 Å². The zero-order chi connectivity index (χ0) is 13.0. The van der Waals surface area contributed by atoms with E-state index in [1.165, 1.54) is 14.2 Å². The largest absolute Gasteiger partial charge is 0.481 e. The fraction of sp³-hybridized carbons (Fsp3) is 0.545. The summed E-state index contributed by atoms with van der Waals surface area (Å²) in [6.07, 6.45) is 1.69. The Morgan fingerprint density at radius 1 is 1.33 bits per heavy atom. The first-order chi connectivity index (χ1) is 8.72. The van der Waals surface area contributed by atoms with Gasteiger partial charge in [-0.15, -0.1) is 0 Å². The van der Waals surface area contributed by atoms with Crippen LogP contribution in [-0.4, -0.2) is 42.7 Å². The second-order valence-electron chi connectivity index (χ2n) is 3.91. The minimum atomic E-state index is -0.310. The summed E-state index contributed by atoms with van der Waals surface area (Å²) in [5.41, 5.74) is 0. The average molecular weight is 252 g/mol. The Balaban J connectivity index is 2.14. The van der Waals surface area contributed by atoms with Gasteiger partial charge in [-0.25, -0.2) is 0 Å². The molecule has 1 atom stereocenters. The van der Waals surface area contributed by atoms with Crippen molar-refractivity contribution in [2.75, 3.05) is 26.1 Å². The molecule has 98 valence electrons. The van der Waals surface area contributed by atoms with E-state index in [-0.39, 0.29) is 11.9 Å². The van der Waals surface area contributed by atoms with Gasteiger partial charge in [0.05, 0.1) is 20.3 Å². The van der Waals surface area contributed by atoms with E-state index in [2.05, 4.69) is 20.6 Å². The zero-order valence-electron chi connectivity index (χ0n) is 10.4. The molecule has 1 aromatic heterocycles. The van der Waals surface area contributed by atoms with E-state index in [0.717, 1.165) is 19.4 Å². The lowest BCUT2D eigenvalue weighted by atomic mass is 10.1. The van der Waals surface area contributed by atoms with E-state index >= 15 is 0 Å². The zero-order valence-corrected chi connectivity index (χ0v) is 10.4. The van der Waals surface area contributed by atoms with Crippen LogP contribution >= 0.6 is 0 Å². The van der Waals surface area contributed by atoms with Crippen LogP contribution in [-0.2, 0) is 4.79 Å². The summed E-state index contributed by atoms with van der Waals surface area (Å²) < 4.78 is 10.1. The van der Waals surface area contributed by atoms with E-state index in [9.17, 15) is 4.79 Å². The molecule has 1 amide bonds. The van der Waals surface area contributed by atoms with E-state index < -0.39 is 0 Å². The van der Waals surface area contributed by atoms with Crippen LogP contribution in [0.4, 0.5) is 5.95 Å². The number of methoxy groups -OCH3 is 2. The first-order valence-electron chi connectivity index (χ1n) is 5.74. The number of nitrogens with zero attached hydrogens (tertiary/aromatic N) is 2. The first-order valence-corrected chi connectivity index (χ1v) is 5.74. The van der Waals surface area contributed by atoms with Crippen LogP contribution in [0.3, 0.4) is 0 Å². The normalized spacial score (nSPS) is 19.0. The standard InChI is InChI=1S/C11H16N4O3/c1-17-8-6-9(18-2)15-11(14-8)13-7-4-3-5-12-10(7)16/h6-7H,3-5H2,1-2H3,(H,12,16)(H,13,14,15). The molecule has 1 fully saturated rings. The molecular formula is C11H16N4O3. The van der Waals surface area contributed by atoms with Gasteiger partial charge >= 0.3 is 0 Å². The molecule has 18 heavy (non-hydrogen) atoms. The van der Waals surface area contributed by atoms with Crippen LogP contribution in [0.25, 0.3) is 0 Å². The number of hydrogen-bond acceptors (Lipinski definition) is 6. The van der Waals surface area contributed by atoms with Crippen molar-refractivity contribution in [2.45, 2.75) is 18.9 Å². The molecule has 1 aliphatic heterocycles. The summed E-state index contributed by atoms with van der Waals surface area (Å²) in [6, 6.07) is 1.27. The van der Waals surface area contributed by atoms with Gasteiger partial charge in [-0.05, 0) is 12.8 Å². The van der Waals surface area contributed by atoms with Crippen LogP contribution in [0.5, 0.6) is 11.8 Å². The molecule has 1 aromatic rings. The SMILES string of the molecule is COc1cc(OC)nc(NC2CCCNC2=O)n1. The minimum Gasteiger partial charge on any atom is -0.481 e. The summed E-state index contributed by atoms with van der Waals surface area (Å²) in [7, 11) is 3.03. The van der Waals surface area contributed by atoms with Crippen molar-refractivity contribution in [3.05, 3.63) is 6.07 Å². The third-order valence-electron chi connectivity index (χ3n) is 2.69. The summed E-state index contributed by atoms with van der Waals surface area (Å²) in [6.45, 7) is 0.722. The highest BCUT2D eigenvalue weighted by atomic mass is 16.5. The van der Waals surface area contributed by atoms with Gasteiger partial charge in [-0.1, -0.05) is 0 Å². The molecule has 1 saturated heterocycles. The Bertz CT molecular complexity index is 416. The third-order valence-corrected chi connectivity index (χ3v) is 2.69. The molecule has 1 aliphatic rings. The fourth-order valence-corrected chi connectivity index (χ4v) is 1.74. The Morgan fingerprint density at radius 2 is 2.00 bits per heavy atom. The number of piperidine rings is 1. The number of amides is 1. The first kappa shape index (κ1) is 12.4. The molecule has 2 N–H and O–H groups in total. The van der Waals surface area contributed by atoms with Gasteiger partial charge in [0.25, 0.3) is 0 Å². The predicted octanol–water partition coefficient (Wildman–Crippen LogP) is 0.184. The maximum absolute atomic E-state index is 11.6. The van der Waals surface area contributed by atoms with Crippen molar-refractivity contribution < 1.29 is 14.3 Å². The molecule has 7 heteroatoms. The number of anilines is 1. The number of carbonyl (C=O) groups excluding carboxylic acids is 1. The quantitative estimate of drug-likeness (QED) is 0.795. The molecule has 0 bridgehead atoms. The molecule has 0 spiro atoms. The lowest BCUT2D eigenvalue weighted by molar-refractivity contribution is -0.123. The number of aromatic nitrogens is 2. The fourth-order valence-electron chi connectivity index (χ4n) is 1.74. The smallest absolute Gasteiger partial charge is 0.242 e. The van der Waals surface area contributed by atoms with Gasteiger partial charge in [-0.2, -0.15) is 9.97 Å².